The molecule has 0 radical (unpaired) electrons. The lowest BCUT2D eigenvalue weighted by Gasteiger charge is -2.22. The minimum absolute atomic E-state index is 0.102. The Balaban J connectivity index is 2.15. The van der Waals surface area contributed by atoms with Gasteiger partial charge in [-0.15, -0.1) is 0 Å². The molecule has 1 aromatic rings. The lowest BCUT2D eigenvalue weighted by Crippen LogP contribution is -2.38. The predicted octanol–water partition coefficient (Wildman–Crippen LogP) is 1.49. The maximum Gasteiger partial charge on any atom is 0.328 e. The molecule has 2 rings (SSSR count). The van der Waals surface area contributed by atoms with Crippen molar-refractivity contribution in [3.63, 3.8) is 0 Å². The van der Waals surface area contributed by atoms with Gasteiger partial charge in [0.25, 0.3) is 0 Å². The second-order valence-corrected chi connectivity index (χ2v) is 4.23. The van der Waals surface area contributed by atoms with Crippen molar-refractivity contribution in [3.8, 4) is 0 Å². The molecule has 96 valence electrons. The number of carbonyl (C=O) groups is 2. The van der Waals surface area contributed by atoms with Crippen LogP contribution in [0.5, 0.6) is 0 Å². The largest absolute Gasteiger partial charge is 0.467 e. The van der Waals surface area contributed by atoms with Gasteiger partial charge < -0.3 is 9.64 Å². The lowest BCUT2D eigenvalue weighted by molar-refractivity contribution is -0.149. The van der Waals surface area contributed by atoms with E-state index < -0.39 is 12.0 Å². The third-order valence-corrected chi connectivity index (χ3v) is 3.04. The first-order valence-corrected chi connectivity index (χ1v) is 5.73. The van der Waals surface area contributed by atoms with Crippen LogP contribution in [0.25, 0.3) is 0 Å². The summed E-state index contributed by atoms with van der Waals surface area (Å²) >= 11 is 0. The van der Waals surface area contributed by atoms with Crippen molar-refractivity contribution < 1.29 is 18.7 Å². The number of amides is 1. The highest BCUT2D eigenvalue weighted by molar-refractivity contribution is 5.88. The molecule has 1 aliphatic rings. The molecule has 0 bridgehead atoms. The molecule has 0 aromatic heterocycles. The number of methoxy groups -OCH3 is 1. The van der Waals surface area contributed by atoms with Crippen molar-refractivity contribution in [1.29, 1.82) is 0 Å². The summed E-state index contributed by atoms with van der Waals surface area (Å²) in [6.45, 7) is 0.232. The van der Waals surface area contributed by atoms with Gasteiger partial charge in [-0.25, -0.2) is 9.18 Å². The second kappa shape index (κ2) is 5.16. The fraction of sp³-hybridized carbons (Fsp3) is 0.385. The van der Waals surface area contributed by atoms with E-state index in [0.29, 0.717) is 18.4 Å². The predicted molar refractivity (Wildman–Crippen MR) is 62.0 cm³/mol. The quantitative estimate of drug-likeness (QED) is 0.765. The summed E-state index contributed by atoms with van der Waals surface area (Å²) in [4.78, 5) is 24.7. The molecular formula is C13H14FNO3. The van der Waals surface area contributed by atoms with Gasteiger partial charge in [-0.3, -0.25) is 4.79 Å². The molecule has 1 unspecified atom stereocenters. The zero-order chi connectivity index (χ0) is 13.1. The monoisotopic (exact) mass is 251 g/mol. The van der Waals surface area contributed by atoms with Gasteiger partial charge in [-0.1, -0.05) is 12.1 Å². The number of hydrogen-bond acceptors (Lipinski definition) is 3. The number of ether oxygens (including phenoxy) is 1. The third-order valence-electron chi connectivity index (χ3n) is 3.04. The number of likely N-dealkylation sites (tertiary alicyclic amines) is 1. The summed E-state index contributed by atoms with van der Waals surface area (Å²) < 4.78 is 17.7. The Morgan fingerprint density at radius 1 is 1.56 bits per heavy atom. The lowest BCUT2D eigenvalue weighted by atomic mass is 10.2. The van der Waals surface area contributed by atoms with E-state index in [1.807, 2.05) is 0 Å². The Bertz CT molecular complexity index is 475. The van der Waals surface area contributed by atoms with Crippen molar-refractivity contribution in [3.05, 3.63) is 35.6 Å². The number of halogens is 1. The molecule has 5 heteroatoms. The second-order valence-electron chi connectivity index (χ2n) is 4.23. The molecule has 0 N–H and O–H groups in total. The van der Waals surface area contributed by atoms with Gasteiger partial charge in [-0.05, 0) is 24.1 Å². The van der Waals surface area contributed by atoms with Crippen molar-refractivity contribution in [2.45, 2.75) is 25.4 Å². The standard InChI is InChI=1S/C13H14FNO3/c1-18-13(17)11-5-6-12(16)15(11)8-9-3-2-4-10(14)7-9/h2-4,7,11H,5-6,8H2,1H3. The van der Waals surface area contributed by atoms with Crippen LogP contribution in [0.4, 0.5) is 4.39 Å². The number of rotatable bonds is 3. The van der Waals surface area contributed by atoms with Crippen molar-refractivity contribution >= 4 is 11.9 Å². The zero-order valence-corrected chi connectivity index (χ0v) is 10.1. The van der Waals surface area contributed by atoms with Crippen LogP contribution in [0.2, 0.25) is 0 Å². The Labute approximate surface area is 104 Å². The number of hydrogen-bond donors (Lipinski definition) is 0. The molecular weight excluding hydrogens is 237 g/mol. The Morgan fingerprint density at radius 2 is 2.33 bits per heavy atom. The molecule has 18 heavy (non-hydrogen) atoms. The fourth-order valence-electron chi connectivity index (χ4n) is 2.14. The molecule has 0 aliphatic carbocycles. The number of nitrogens with zero attached hydrogens (tertiary/aromatic N) is 1. The summed E-state index contributed by atoms with van der Waals surface area (Å²) in [6, 6.07) is 5.46. The Morgan fingerprint density at radius 3 is 3.00 bits per heavy atom. The maximum atomic E-state index is 13.1. The van der Waals surface area contributed by atoms with E-state index in [9.17, 15) is 14.0 Å². The molecule has 0 saturated carbocycles. The van der Waals surface area contributed by atoms with Crippen LogP contribution in [0.15, 0.2) is 24.3 Å². The van der Waals surface area contributed by atoms with E-state index in [2.05, 4.69) is 4.74 Å². The fourth-order valence-corrected chi connectivity index (χ4v) is 2.14. The number of carbonyl (C=O) groups excluding carboxylic acids is 2. The topological polar surface area (TPSA) is 46.6 Å². The van der Waals surface area contributed by atoms with E-state index in [-0.39, 0.29) is 18.3 Å². The molecule has 1 amide bonds. The first kappa shape index (κ1) is 12.5. The minimum atomic E-state index is -0.550. The highest BCUT2D eigenvalue weighted by Crippen LogP contribution is 2.22. The van der Waals surface area contributed by atoms with Gasteiger partial charge >= 0.3 is 5.97 Å². The molecule has 1 atom stereocenters. The van der Waals surface area contributed by atoms with Crippen LogP contribution in [0, 0.1) is 5.82 Å². The summed E-state index contributed by atoms with van der Waals surface area (Å²) in [7, 11) is 1.30. The van der Waals surface area contributed by atoms with E-state index in [1.54, 1.807) is 12.1 Å². The molecule has 4 nitrogen and oxygen atoms in total. The average molecular weight is 251 g/mol. The van der Waals surface area contributed by atoms with Crippen LogP contribution in [0.1, 0.15) is 18.4 Å². The van der Waals surface area contributed by atoms with Crippen LogP contribution >= 0.6 is 0 Å². The minimum Gasteiger partial charge on any atom is -0.467 e. The van der Waals surface area contributed by atoms with Crippen LogP contribution < -0.4 is 0 Å². The van der Waals surface area contributed by atoms with Crippen molar-refractivity contribution in [2.75, 3.05) is 7.11 Å². The first-order chi connectivity index (χ1) is 8.61. The SMILES string of the molecule is COC(=O)C1CCC(=O)N1Cc1cccc(F)c1. The summed E-state index contributed by atoms with van der Waals surface area (Å²) in [5, 5.41) is 0. The van der Waals surface area contributed by atoms with Gasteiger partial charge in [0, 0.05) is 13.0 Å². The van der Waals surface area contributed by atoms with Crippen LogP contribution in [0.3, 0.4) is 0 Å². The van der Waals surface area contributed by atoms with E-state index in [0.717, 1.165) is 0 Å². The van der Waals surface area contributed by atoms with Gasteiger partial charge in [0.1, 0.15) is 11.9 Å². The first-order valence-electron chi connectivity index (χ1n) is 5.73. The van der Waals surface area contributed by atoms with Crippen molar-refractivity contribution in [1.82, 2.24) is 4.90 Å². The number of esters is 1. The van der Waals surface area contributed by atoms with Gasteiger partial charge in [0.15, 0.2) is 0 Å². The zero-order valence-electron chi connectivity index (χ0n) is 10.1. The normalized spacial score (nSPS) is 19.1. The molecule has 1 saturated heterocycles. The molecule has 1 aromatic carbocycles. The number of benzene rings is 1. The van der Waals surface area contributed by atoms with Gasteiger partial charge in [-0.2, -0.15) is 0 Å². The van der Waals surface area contributed by atoms with Crippen LogP contribution in [-0.4, -0.2) is 29.9 Å². The van der Waals surface area contributed by atoms with E-state index in [1.165, 1.54) is 24.1 Å². The summed E-state index contributed by atoms with van der Waals surface area (Å²) in [5.74, 6) is -0.874. The highest BCUT2D eigenvalue weighted by Gasteiger charge is 2.36. The summed E-state index contributed by atoms with van der Waals surface area (Å²) in [6.07, 6.45) is 0.788. The molecule has 1 fully saturated rings. The van der Waals surface area contributed by atoms with Gasteiger partial charge in [0.05, 0.1) is 7.11 Å². The highest BCUT2D eigenvalue weighted by atomic mass is 19.1. The molecule has 0 spiro atoms. The van der Waals surface area contributed by atoms with Crippen molar-refractivity contribution in [2.24, 2.45) is 0 Å². The Kier molecular flexibility index (Phi) is 3.60. The smallest absolute Gasteiger partial charge is 0.328 e. The third kappa shape index (κ3) is 2.50. The average Bonchev–Trinajstić information content (AvgIpc) is 2.70. The molecule has 1 aliphatic heterocycles. The summed E-state index contributed by atoms with van der Waals surface area (Å²) in [5.41, 5.74) is 0.666. The molecule has 1 heterocycles. The van der Waals surface area contributed by atoms with E-state index >= 15 is 0 Å². The maximum absolute atomic E-state index is 13.1. The van der Waals surface area contributed by atoms with Crippen LogP contribution in [-0.2, 0) is 20.9 Å². The van der Waals surface area contributed by atoms with Gasteiger partial charge in [0.2, 0.25) is 5.91 Å². The Hall–Kier alpha value is -1.91. The van der Waals surface area contributed by atoms with E-state index in [4.69, 9.17) is 0 Å².